The van der Waals surface area contributed by atoms with E-state index in [9.17, 15) is 38.9 Å². The quantitative estimate of drug-likeness (QED) is 0.0217. The number of carbonyl (C=O) groups excluding carboxylic acids is 3. The van der Waals surface area contributed by atoms with Crippen LogP contribution in [0.4, 0.5) is 14.9 Å². The molecule has 6 rings (SSSR count). The summed E-state index contributed by atoms with van der Waals surface area (Å²) >= 11 is 0. The van der Waals surface area contributed by atoms with Crippen LogP contribution in [0.25, 0.3) is 22.4 Å². The van der Waals surface area contributed by atoms with Crippen LogP contribution >= 0.6 is 21.6 Å². The third-order valence-corrected chi connectivity index (χ3v) is 14.5. The number of anilines is 1. The lowest BCUT2D eigenvalue weighted by atomic mass is 9.86. The fourth-order valence-electron chi connectivity index (χ4n) is 8.45. The Balaban J connectivity index is 0.954. The number of para-hydroxylation sites is 1. The van der Waals surface area contributed by atoms with E-state index in [2.05, 4.69) is 50.4 Å². The number of aromatic nitrogens is 1. The van der Waals surface area contributed by atoms with Gasteiger partial charge in [-0.25, -0.2) is 14.0 Å². The topological polar surface area (TPSA) is 183 Å². The Morgan fingerprint density at radius 3 is 1.97 bits per heavy atom. The van der Waals surface area contributed by atoms with E-state index in [1.54, 1.807) is 24.3 Å². The first kappa shape index (κ1) is 57.7. The molecule has 0 spiro atoms. The third kappa shape index (κ3) is 17.8. The highest BCUT2D eigenvalue weighted by molar-refractivity contribution is 8.76. The van der Waals surface area contributed by atoms with Gasteiger partial charge in [-0.2, -0.15) is 0 Å². The van der Waals surface area contributed by atoms with Gasteiger partial charge in [-0.05, 0) is 120 Å². The Labute approximate surface area is 446 Å². The molecule has 1 unspecified atom stereocenters. The Kier molecular flexibility index (Phi) is 21.8. The number of aryl methyl sites for hydroxylation is 1. The largest absolute Gasteiger partial charge is 0.508 e. The first-order chi connectivity index (χ1) is 36.0. The number of esters is 1. The van der Waals surface area contributed by atoms with Gasteiger partial charge in [-0.1, -0.05) is 129 Å². The van der Waals surface area contributed by atoms with E-state index in [-0.39, 0.29) is 68.4 Å². The van der Waals surface area contributed by atoms with Crippen molar-refractivity contribution in [2.75, 3.05) is 36.6 Å². The van der Waals surface area contributed by atoms with Crippen molar-refractivity contribution in [2.24, 2.45) is 0 Å². The van der Waals surface area contributed by atoms with E-state index in [4.69, 9.17) is 18.9 Å². The number of nitrogens with zero attached hydrogens (tertiary/aromatic N) is 1. The van der Waals surface area contributed by atoms with E-state index < -0.39 is 42.2 Å². The van der Waals surface area contributed by atoms with Crippen LogP contribution in [0.1, 0.15) is 104 Å². The van der Waals surface area contributed by atoms with Gasteiger partial charge in [0.05, 0.1) is 35.4 Å². The minimum absolute atomic E-state index is 0.0152. The van der Waals surface area contributed by atoms with E-state index in [1.165, 1.54) is 51.4 Å². The number of benzene rings is 5. The molecule has 75 heavy (non-hydrogen) atoms. The molecule has 0 aliphatic rings. The lowest BCUT2D eigenvalue weighted by Gasteiger charge is -2.20. The number of halogens is 1. The van der Waals surface area contributed by atoms with Crippen LogP contribution in [-0.4, -0.2) is 93.5 Å². The molecule has 0 bridgehead atoms. The van der Waals surface area contributed by atoms with Crippen LogP contribution < -0.4 is 10.1 Å². The smallest absolute Gasteiger partial charge is 0.490 e. The summed E-state index contributed by atoms with van der Waals surface area (Å²) < 4.78 is 38.6. The summed E-state index contributed by atoms with van der Waals surface area (Å²) in [5.41, 5.74) is 7.07. The molecule has 5 aromatic carbocycles. The number of nitrogens with one attached hydrogen (secondary N) is 1. The van der Waals surface area contributed by atoms with Crippen LogP contribution in [-0.2, 0) is 37.4 Å². The molecule has 1 heterocycles. The second kappa shape index (κ2) is 28.3. The Morgan fingerprint density at radius 1 is 0.733 bits per heavy atom. The molecule has 0 aliphatic carbocycles. The lowest BCUT2D eigenvalue weighted by Crippen LogP contribution is -2.26. The predicted octanol–water partition coefficient (Wildman–Crippen LogP) is 12.4. The fourth-order valence-corrected chi connectivity index (χ4v) is 10.1. The van der Waals surface area contributed by atoms with Crippen molar-refractivity contribution < 1.29 is 57.8 Å². The number of aliphatic hydroxyl groups is 2. The zero-order valence-electron chi connectivity index (χ0n) is 43.0. The van der Waals surface area contributed by atoms with Gasteiger partial charge in [0.1, 0.15) is 37.5 Å². The standard InChI is InChI=1S/C59H67FN2O11S2/c1-39(2)54-53(56(66)61-46-14-10-7-11-15-46)52(41-12-8-6-9-13-41)55(42-19-25-45(60)26-20-42)62(54)31-30-47(63)36-48(64)37-51(65)70-32-34-74-75-35-33-71-58(69)73-50(38-72-49-28-21-43(22-29-49)57(67)68)27-18-40-16-23-44(24-17-40)59(3,4)5/h6-17,19-26,28-29,39,47-48,50,63-64H,18,27,30-38H2,1-5H3,(H,61,66)(H,67,68)/t47-,48-,50?/m1/s1. The molecule has 0 saturated carbocycles. The normalized spacial score (nSPS) is 12.7. The maximum atomic E-state index is 14.4. The second-order valence-electron chi connectivity index (χ2n) is 19.3. The number of rotatable bonds is 27. The van der Waals surface area contributed by atoms with Crippen LogP contribution in [0, 0.1) is 5.82 Å². The molecular formula is C59H67FN2O11S2. The van der Waals surface area contributed by atoms with E-state index in [0.29, 0.717) is 58.2 Å². The third-order valence-electron chi connectivity index (χ3n) is 12.2. The Hall–Kier alpha value is -6.59. The highest BCUT2D eigenvalue weighted by Gasteiger charge is 2.31. The molecule has 3 atom stereocenters. The van der Waals surface area contributed by atoms with Crippen LogP contribution in [0.15, 0.2) is 133 Å². The molecule has 4 N–H and O–H groups in total. The van der Waals surface area contributed by atoms with Gasteiger partial charge in [0.25, 0.3) is 5.91 Å². The first-order valence-corrected chi connectivity index (χ1v) is 27.5. The van der Waals surface area contributed by atoms with Gasteiger partial charge >= 0.3 is 18.1 Å². The number of aromatic carboxylic acids is 1. The van der Waals surface area contributed by atoms with Crippen molar-refractivity contribution in [3.05, 3.63) is 167 Å². The highest BCUT2D eigenvalue weighted by atomic mass is 33.1. The van der Waals surface area contributed by atoms with Crippen LogP contribution in [0.5, 0.6) is 5.75 Å². The zero-order chi connectivity index (χ0) is 53.9. The molecule has 16 heteroatoms. The van der Waals surface area contributed by atoms with Crippen LogP contribution in [0.3, 0.4) is 0 Å². The van der Waals surface area contributed by atoms with E-state index in [1.807, 2.05) is 79.1 Å². The average molecular weight is 1060 g/mol. The second-order valence-corrected chi connectivity index (χ2v) is 22.1. The van der Waals surface area contributed by atoms with E-state index >= 15 is 0 Å². The molecule has 398 valence electrons. The highest BCUT2D eigenvalue weighted by Crippen LogP contribution is 2.43. The predicted molar refractivity (Wildman–Crippen MR) is 294 cm³/mol. The number of aliphatic hydroxyl groups excluding tert-OH is 2. The molecular weight excluding hydrogens is 996 g/mol. The molecule has 13 nitrogen and oxygen atoms in total. The number of amides is 1. The van der Waals surface area contributed by atoms with Gasteiger partial charge in [-0.15, -0.1) is 0 Å². The Morgan fingerprint density at radius 2 is 1.36 bits per heavy atom. The van der Waals surface area contributed by atoms with E-state index in [0.717, 1.165) is 16.8 Å². The number of carbonyl (C=O) groups is 4. The maximum Gasteiger partial charge on any atom is 0.508 e. The number of carboxylic acid groups (broad SMARTS) is 1. The monoisotopic (exact) mass is 1060 g/mol. The molecule has 0 fully saturated rings. The van der Waals surface area contributed by atoms with Gasteiger partial charge in [0, 0.05) is 35.0 Å². The number of hydrogen-bond donors (Lipinski definition) is 4. The Bertz CT molecular complexity index is 2770. The number of carboxylic acids is 1. The molecule has 1 amide bonds. The number of ether oxygens (including phenoxy) is 4. The minimum Gasteiger partial charge on any atom is -0.490 e. The van der Waals surface area contributed by atoms with Crippen molar-refractivity contribution in [1.29, 1.82) is 0 Å². The SMILES string of the molecule is CC(C)c1c(C(=O)Nc2ccccc2)c(-c2ccccc2)c(-c2ccc(F)cc2)n1CC[C@@H](O)C[C@@H](O)CC(=O)OCCSSCCOC(=O)OC(CCc1ccc(C(C)(C)C)cc1)COc1ccc(C(=O)O)cc1. The van der Waals surface area contributed by atoms with Crippen LogP contribution in [0.2, 0.25) is 0 Å². The molecule has 0 radical (unpaired) electrons. The first-order valence-electron chi connectivity index (χ1n) is 25.1. The maximum absolute atomic E-state index is 14.4. The molecule has 0 aliphatic heterocycles. The van der Waals surface area contributed by atoms with Crippen molar-refractivity contribution in [3.8, 4) is 28.1 Å². The summed E-state index contributed by atoms with van der Waals surface area (Å²) in [6, 6.07) is 39.1. The average Bonchev–Trinajstić information content (AvgIpc) is 3.74. The summed E-state index contributed by atoms with van der Waals surface area (Å²) in [6.45, 7) is 10.9. The summed E-state index contributed by atoms with van der Waals surface area (Å²) in [5, 5.41) is 34.4. The summed E-state index contributed by atoms with van der Waals surface area (Å²) in [4.78, 5) is 51.1. The van der Waals surface area contributed by atoms with Gasteiger partial charge in [-0.3, -0.25) is 9.59 Å². The van der Waals surface area contributed by atoms with Gasteiger partial charge < -0.3 is 44.2 Å². The van der Waals surface area contributed by atoms with Crippen molar-refractivity contribution >= 4 is 51.3 Å². The van der Waals surface area contributed by atoms with Gasteiger partial charge in [0.15, 0.2) is 0 Å². The summed E-state index contributed by atoms with van der Waals surface area (Å²) in [5.74, 6) is -1.23. The zero-order valence-corrected chi connectivity index (χ0v) is 44.7. The molecule has 0 saturated heterocycles. The number of hydrogen-bond acceptors (Lipinski definition) is 12. The van der Waals surface area contributed by atoms with Crippen molar-refractivity contribution in [2.45, 2.75) is 103 Å². The summed E-state index contributed by atoms with van der Waals surface area (Å²) in [6.07, 6.45) is -2.85. The van der Waals surface area contributed by atoms with Crippen molar-refractivity contribution in [1.82, 2.24) is 4.57 Å². The minimum atomic E-state index is -1.18. The van der Waals surface area contributed by atoms with Gasteiger partial charge in [0.2, 0.25) is 0 Å². The molecule has 1 aromatic heterocycles. The lowest BCUT2D eigenvalue weighted by molar-refractivity contribution is -0.145. The van der Waals surface area contributed by atoms with Crippen molar-refractivity contribution in [3.63, 3.8) is 0 Å². The fraction of sp³-hybridized carbons (Fsp3) is 0.356. The molecule has 6 aromatic rings. The summed E-state index contributed by atoms with van der Waals surface area (Å²) in [7, 11) is 2.84.